The van der Waals surface area contributed by atoms with Gasteiger partial charge in [0.2, 0.25) is 6.71 Å². The summed E-state index contributed by atoms with van der Waals surface area (Å²) in [6.07, 6.45) is 0. The summed E-state index contributed by atoms with van der Waals surface area (Å²) in [6, 6.07) is 96.6. The van der Waals surface area contributed by atoms with Gasteiger partial charge in [-0.2, -0.15) is 0 Å². The Morgan fingerprint density at radius 3 is 1.21 bits per heavy atom. The first-order chi connectivity index (χ1) is 37.0. The Labute approximate surface area is 441 Å². The largest absolute Gasteiger partial charge is 0.311 e. The van der Waals surface area contributed by atoms with Crippen molar-refractivity contribution in [3.05, 3.63) is 278 Å². The van der Waals surface area contributed by atoms with Gasteiger partial charge in [0.1, 0.15) is 0 Å². The van der Waals surface area contributed by atoms with Crippen molar-refractivity contribution in [1.82, 2.24) is 0 Å². The molecule has 0 saturated carbocycles. The zero-order chi connectivity index (χ0) is 50.1. The Morgan fingerprint density at radius 1 is 0.280 bits per heavy atom. The van der Waals surface area contributed by atoms with E-state index in [1.807, 2.05) is 0 Å². The Bertz CT molecular complexity index is 3880. The van der Waals surface area contributed by atoms with E-state index in [1.165, 1.54) is 77.7 Å². The summed E-state index contributed by atoms with van der Waals surface area (Å²) in [5.74, 6) is 0. The van der Waals surface area contributed by atoms with Crippen molar-refractivity contribution in [2.45, 2.75) is 20.8 Å². The van der Waals surface area contributed by atoms with Crippen molar-refractivity contribution >= 4 is 114 Å². The molecule has 0 amide bonds. The highest BCUT2D eigenvalue weighted by molar-refractivity contribution is 7.02. The smallest absolute Gasteiger partial charge is 0.252 e. The summed E-state index contributed by atoms with van der Waals surface area (Å²) in [6.45, 7) is 6.69. The molecule has 3 aliphatic heterocycles. The number of nitrogens with zero attached hydrogens (tertiary/aromatic N) is 4. The zero-order valence-electron chi connectivity index (χ0n) is 42.3. The molecule has 0 unspecified atom stereocenters. The van der Waals surface area contributed by atoms with E-state index in [-0.39, 0.29) is 13.4 Å². The fourth-order valence-electron chi connectivity index (χ4n) is 12.8. The molecular weight excluding hydrogens is 906 g/mol. The van der Waals surface area contributed by atoms with Crippen LogP contribution in [0.1, 0.15) is 16.7 Å². The SMILES string of the molecule is Cc1cc(C)c(B2c3ccccc3N(c3ccccc3)c3cc4c(cc32)B2c3ccc(-c5ccccc5)cc3N(c3ccccc3)c3cc(N(c5ccccc5)c5ccccc5)cc(c32)N4c2ccccc2)c(C)c1. The average Bonchev–Trinajstić information content (AvgIpc) is 3.55. The van der Waals surface area contributed by atoms with Gasteiger partial charge in [-0.25, -0.2) is 0 Å². The van der Waals surface area contributed by atoms with Crippen LogP contribution in [0.5, 0.6) is 0 Å². The maximum Gasteiger partial charge on any atom is 0.252 e. The first-order valence-electron chi connectivity index (χ1n) is 26.2. The molecule has 11 aromatic carbocycles. The summed E-state index contributed by atoms with van der Waals surface area (Å²) in [4.78, 5) is 10.0. The maximum atomic E-state index is 2.62. The molecule has 14 rings (SSSR count). The molecule has 4 nitrogen and oxygen atoms in total. The molecule has 354 valence electrons. The Balaban J connectivity index is 1.13. The number of fused-ring (bicyclic) bond motifs is 6. The first kappa shape index (κ1) is 44.5. The molecule has 0 N–H and O–H groups in total. The van der Waals surface area contributed by atoms with Crippen LogP contribution in [0.15, 0.2) is 261 Å². The van der Waals surface area contributed by atoms with Crippen LogP contribution in [0.25, 0.3) is 11.1 Å². The van der Waals surface area contributed by atoms with Crippen LogP contribution in [-0.2, 0) is 0 Å². The molecule has 0 bridgehead atoms. The number of anilines is 12. The minimum Gasteiger partial charge on any atom is -0.311 e. The molecule has 0 aliphatic carbocycles. The number of hydrogen-bond donors (Lipinski definition) is 0. The van der Waals surface area contributed by atoms with E-state index in [9.17, 15) is 0 Å². The summed E-state index contributed by atoms with van der Waals surface area (Å²) < 4.78 is 0. The number of aryl methyl sites for hydroxylation is 3. The minimum absolute atomic E-state index is 0.0230. The third-order valence-electron chi connectivity index (χ3n) is 15.7. The Hall–Kier alpha value is -9.25. The summed E-state index contributed by atoms with van der Waals surface area (Å²) in [5, 5.41) is 0. The van der Waals surface area contributed by atoms with Gasteiger partial charge in [-0.15, -0.1) is 0 Å². The van der Waals surface area contributed by atoms with E-state index in [0.717, 1.165) is 51.2 Å². The van der Waals surface area contributed by atoms with Crippen molar-refractivity contribution in [2.24, 2.45) is 0 Å². The third kappa shape index (κ3) is 7.31. The lowest BCUT2D eigenvalue weighted by atomic mass is 9.30. The van der Waals surface area contributed by atoms with E-state index in [0.29, 0.717) is 0 Å². The van der Waals surface area contributed by atoms with Crippen LogP contribution in [0.4, 0.5) is 68.2 Å². The van der Waals surface area contributed by atoms with Crippen molar-refractivity contribution in [1.29, 1.82) is 0 Å². The van der Waals surface area contributed by atoms with Gasteiger partial charge in [-0.05, 0) is 150 Å². The van der Waals surface area contributed by atoms with Crippen molar-refractivity contribution in [2.75, 3.05) is 19.6 Å². The molecule has 0 saturated heterocycles. The predicted octanol–water partition coefficient (Wildman–Crippen LogP) is 14.1. The molecule has 0 spiro atoms. The molecule has 0 fully saturated rings. The van der Waals surface area contributed by atoms with Gasteiger partial charge < -0.3 is 19.6 Å². The number of hydrogen-bond acceptors (Lipinski definition) is 4. The van der Waals surface area contributed by atoms with Crippen LogP contribution < -0.4 is 52.4 Å². The molecule has 0 radical (unpaired) electrons. The Kier molecular flexibility index (Phi) is 10.7. The maximum absolute atomic E-state index is 2.62. The number of para-hydroxylation sites is 6. The van der Waals surface area contributed by atoms with Gasteiger partial charge in [0, 0.05) is 62.6 Å². The summed E-state index contributed by atoms with van der Waals surface area (Å²) in [5.41, 5.74) is 27.7. The minimum atomic E-state index is -0.130. The molecule has 6 heteroatoms. The van der Waals surface area contributed by atoms with Crippen LogP contribution in [0.3, 0.4) is 0 Å². The lowest BCUT2D eigenvalue weighted by Crippen LogP contribution is -2.64. The highest BCUT2D eigenvalue weighted by Gasteiger charge is 2.47. The van der Waals surface area contributed by atoms with Crippen molar-refractivity contribution in [3.63, 3.8) is 0 Å². The van der Waals surface area contributed by atoms with E-state index < -0.39 is 0 Å². The van der Waals surface area contributed by atoms with E-state index in [4.69, 9.17) is 0 Å². The molecule has 0 atom stereocenters. The normalized spacial score (nSPS) is 12.9. The van der Waals surface area contributed by atoms with Crippen LogP contribution in [0, 0.1) is 20.8 Å². The summed E-state index contributed by atoms with van der Waals surface area (Å²) in [7, 11) is 0. The number of benzene rings is 11. The highest BCUT2D eigenvalue weighted by atomic mass is 15.2. The molecular formula is C69H52B2N4. The van der Waals surface area contributed by atoms with Gasteiger partial charge in [0.25, 0.3) is 6.71 Å². The van der Waals surface area contributed by atoms with Gasteiger partial charge in [-0.3, -0.25) is 0 Å². The fourth-order valence-corrected chi connectivity index (χ4v) is 12.8. The van der Waals surface area contributed by atoms with E-state index in [2.05, 4.69) is 301 Å². The standard InChI is InChI=1S/C69H52B2N4/c1-47-40-48(2)68(49(3)41-47)70-58-36-22-23-37-62(58)73(54-30-16-7-17-31-54)64-46-65-61(45-60(64)70)71-59-39-38-51(50-24-10-4-11-25-50)42-63(59)74(55-32-18-8-19-33-55)66-43-57(44-67(69(66)71)75(65)56-34-20-9-21-35-56)72(52-26-12-5-13-27-52)53-28-14-6-15-29-53/h4-46H,1-3H3. The number of rotatable bonds is 8. The molecule has 11 aromatic rings. The monoisotopic (exact) mass is 958 g/mol. The molecule has 3 aliphatic rings. The van der Waals surface area contributed by atoms with Gasteiger partial charge in [0.15, 0.2) is 0 Å². The third-order valence-corrected chi connectivity index (χ3v) is 15.7. The van der Waals surface area contributed by atoms with Crippen LogP contribution >= 0.6 is 0 Å². The summed E-state index contributed by atoms with van der Waals surface area (Å²) >= 11 is 0. The van der Waals surface area contributed by atoms with E-state index >= 15 is 0 Å². The predicted molar refractivity (Wildman–Crippen MR) is 321 cm³/mol. The quantitative estimate of drug-likeness (QED) is 0.141. The average molecular weight is 959 g/mol. The second kappa shape index (κ2) is 18.0. The Morgan fingerprint density at radius 2 is 0.693 bits per heavy atom. The van der Waals surface area contributed by atoms with Crippen molar-refractivity contribution < 1.29 is 0 Å². The van der Waals surface area contributed by atoms with Crippen LogP contribution in [-0.4, -0.2) is 13.4 Å². The van der Waals surface area contributed by atoms with Gasteiger partial charge in [-0.1, -0.05) is 192 Å². The molecule has 75 heavy (non-hydrogen) atoms. The molecule has 0 aromatic heterocycles. The lowest BCUT2D eigenvalue weighted by Gasteiger charge is -2.46. The fraction of sp³-hybridized carbons (Fsp3) is 0.0435. The highest BCUT2D eigenvalue weighted by Crippen LogP contribution is 2.50. The second-order valence-electron chi connectivity index (χ2n) is 20.3. The molecule has 3 heterocycles. The lowest BCUT2D eigenvalue weighted by molar-refractivity contribution is 1.22. The van der Waals surface area contributed by atoms with Gasteiger partial charge in [0.05, 0.1) is 5.69 Å². The van der Waals surface area contributed by atoms with Gasteiger partial charge >= 0.3 is 0 Å². The zero-order valence-corrected chi connectivity index (χ0v) is 42.3. The topological polar surface area (TPSA) is 13.0 Å². The van der Waals surface area contributed by atoms with E-state index in [1.54, 1.807) is 0 Å². The van der Waals surface area contributed by atoms with Crippen LogP contribution in [0.2, 0.25) is 0 Å². The van der Waals surface area contributed by atoms with Crippen molar-refractivity contribution in [3.8, 4) is 11.1 Å². The first-order valence-corrected chi connectivity index (χ1v) is 26.2. The second-order valence-corrected chi connectivity index (χ2v) is 20.3.